The van der Waals surface area contributed by atoms with Crippen molar-refractivity contribution in [3.8, 4) is 5.75 Å². The van der Waals surface area contributed by atoms with Crippen molar-refractivity contribution in [2.75, 3.05) is 13.7 Å². The predicted octanol–water partition coefficient (Wildman–Crippen LogP) is 3.54. The Balaban J connectivity index is 1.97. The molecule has 1 heterocycles. The van der Waals surface area contributed by atoms with Crippen molar-refractivity contribution in [3.05, 3.63) is 29.3 Å². The van der Waals surface area contributed by atoms with Gasteiger partial charge in [-0.1, -0.05) is 11.6 Å². The normalized spacial score (nSPS) is 19.2. The van der Waals surface area contributed by atoms with Gasteiger partial charge in [0.2, 0.25) is 0 Å². The molecule has 0 saturated carbocycles. The van der Waals surface area contributed by atoms with Crippen LogP contribution in [-0.2, 0) is 4.74 Å². The number of aryl methyl sites for hydroxylation is 1. The molecule has 3 heteroatoms. The van der Waals surface area contributed by atoms with Crippen molar-refractivity contribution >= 4 is 5.78 Å². The molecule has 1 atom stereocenters. The first-order valence-electron chi connectivity index (χ1n) is 7.00. The van der Waals surface area contributed by atoms with Crippen molar-refractivity contribution in [1.29, 1.82) is 0 Å². The first kappa shape index (κ1) is 14.1. The van der Waals surface area contributed by atoms with Crippen LogP contribution >= 0.6 is 0 Å². The van der Waals surface area contributed by atoms with E-state index in [4.69, 9.17) is 9.47 Å². The number of methoxy groups -OCH3 is 1. The fraction of sp³-hybridized carbons (Fsp3) is 0.562. The lowest BCUT2D eigenvalue weighted by atomic mass is 9.99. The summed E-state index contributed by atoms with van der Waals surface area (Å²) in [7, 11) is 1.60. The van der Waals surface area contributed by atoms with Crippen LogP contribution in [0.15, 0.2) is 18.2 Å². The van der Waals surface area contributed by atoms with Gasteiger partial charge in [0.1, 0.15) is 5.75 Å². The zero-order chi connectivity index (χ0) is 13.7. The molecule has 0 aliphatic carbocycles. The van der Waals surface area contributed by atoms with Crippen LogP contribution in [0.3, 0.4) is 0 Å². The molecular formula is C16H22O3. The van der Waals surface area contributed by atoms with Gasteiger partial charge in [0.15, 0.2) is 5.78 Å². The zero-order valence-corrected chi connectivity index (χ0v) is 11.8. The summed E-state index contributed by atoms with van der Waals surface area (Å²) < 4.78 is 10.9. The highest BCUT2D eigenvalue weighted by atomic mass is 16.5. The van der Waals surface area contributed by atoms with Gasteiger partial charge in [-0.15, -0.1) is 0 Å². The van der Waals surface area contributed by atoms with Crippen LogP contribution < -0.4 is 4.74 Å². The molecule has 2 rings (SSSR count). The highest BCUT2D eigenvalue weighted by molar-refractivity contribution is 5.98. The molecule has 1 fully saturated rings. The molecule has 1 aliphatic heterocycles. The summed E-state index contributed by atoms with van der Waals surface area (Å²) in [5, 5.41) is 0. The number of carbonyl (C=O) groups excluding carboxylic acids is 1. The molecule has 0 radical (unpaired) electrons. The van der Waals surface area contributed by atoms with Crippen molar-refractivity contribution in [2.45, 2.75) is 45.1 Å². The molecule has 1 unspecified atom stereocenters. The van der Waals surface area contributed by atoms with E-state index in [9.17, 15) is 4.79 Å². The highest BCUT2D eigenvalue weighted by Crippen LogP contribution is 2.23. The van der Waals surface area contributed by atoms with Crippen molar-refractivity contribution in [2.24, 2.45) is 0 Å². The minimum absolute atomic E-state index is 0.148. The molecule has 1 aliphatic rings. The van der Waals surface area contributed by atoms with Gasteiger partial charge >= 0.3 is 0 Å². The molecule has 3 nitrogen and oxygen atoms in total. The summed E-state index contributed by atoms with van der Waals surface area (Å²) in [4.78, 5) is 12.3. The molecule has 0 N–H and O–H groups in total. The summed E-state index contributed by atoms with van der Waals surface area (Å²) in [6, 6.07) is 5.72. The van der Waals surface area contributed by atoms with E-state index >= 15 is 0 Å². The second-order valence-electron chi connectivity index (χ2n) is 5.15. The summed E-state index contributed by atoms with van der Waals surface area (Å²) >= 11 is 0. The topological polar surface area (TPSA) is 35.5 Å². The van der Waals surface area contributed by atoms with Gasteiger partial charge in [0.05, 0.1) is 18.8 Å². The Kier molecular flexibility index (Phi) is 4.97. The second kappa shape index (κ2) is 6.71. The Morgan fingerprint density at radius 2 is 2.26 bits per heavy atom. The summed E-state index contributed by atoms with van der Waals surface area (Å²) in [5.74, 6) is 0.815. The van der Waals surface area contributed by atoms with Gasteiger partial charge in [-0.05, 0) is 44.7 Å². The third-order valence-corrected chi connectivity index (χ3v) is 3.62. The first-order valence-corrected chi connectivity index (χ1v) is 7.00. The van der Waals surface area contributed by atoms with E-state index in [-0.39, 0.29) is 11.9 Å². The van der Waals surface area contributed by atoms with Gasteiger partial charge in [0.25, 0.3) is 0 Å². The predicted molar refractivity (Wildman–Crippen MR) is 74.9 cm³/mol. The van der Waals surface area contributed by atoms with E-state index in [1.807, 2.05) is 25.1 Å². The monoisotopic (exact) mass is 262 g/mol. The highest BCUT2D eigenvalue weighted by Gasteiger charge is 2.18. The van der Waals surface area contributed by atoms with Gasteiger partial charge in [0, 0.05) is 13.0 Å². The van der Waals surface area contributed by atoms with Crippen LogP contribution in [-0.4, -0.2) is 25.6 Å². The molecule has 19 heavy (non-hydrogen) atoms. The van der Waals surface area contributed by atoms with Gasteiger partial charge in [-0.2, -0.15) is 0 Å². The Morgan fingerprint density at radius 1 is 1.42 bits per heavy atom. The van der Waals surface area contributed by atoms with E-state index < -0.39 is 0 Å². The number of hydrogen-bond donors (Lipinski definition) is 0. The van der Waals surface area contributed by atoms with Gasteiger partial charge in [-0.25, -0.2) is 0 Å². The summed E-state index contributed by atoms with van der Waals surface area (Å²) in [6.45, 7) is 2.83. The maximum atomic E-state index is 12.3. The lowest BCUT2D eigenvalue weighted by molar-refractivity contribution is 0.0104. The lowest BCUT2D eigenvalue weighted by Crippen LogP contribution is -2.20. The number of carbonyl (C=O) groups is 1. The Bertz CT molecular complexity index is 434. The Morgan fingerprint density at radius 3 is 2.95 bits per heavy atom. The second-order valence-corrected chi connectivity index (χ2v) is 5.15. The molecule has 1 aromatic rings. The van der Waals surface area contributed by atoms with Gasteiger partial charge in [-0.3, -0.25) is 4.79 Å². The molecule has 1 aromatic carbocycles. The van der Waals surface area contributed by atoms with E-state index in [0.29, 0.717) is 17.7 Å². The smallest absolute Gasteiger partial charge is 0.166 e. The zero-order valence-electron chi connectivity index (χ0n) is 11.8. The SMILES string of the molecule is COc1ccc(C)cc1C(=O)CCC1CCCCO1. The largest absolute Gasteiger partial charge is 0.496 e. The molecule has 104 valence electrons. The van der Waals surface area contributed by atoms with E-state index in [1.165, 1.54) is 6.42 Å². The van der Waals surface area contributed by atoms with Crippen LogP contribution in [0, 0.1) is 6.92 Å². The lowest BCUT2D eigenvalue weighted by Gasteiger charge is -2.22. The van der Waals surface area contributed by atoms with Crippen LogP contribution in [0.2, 0.25) is 0 Å². The first-order chi connectivity index (χ1) is 9.20. The minimum Gasteiger partial charge on any atom is -0.496 e. The number of Topliss-reactive ketones (excluding diaryl/α,β-unsaturated/α-hetero) is 1. The molecule has 1 saturated heterocycles. The quantitative estimate of drug-likeness (QED) is 0.761. The minimum atomic E-state index is 0.148. The van der Waals surface area contributed by atoms with Gasteiger partial charge < -0.3 is 9.47 Å². The third kappa shape index (κ3) is 3.80. The molecule has 0 aromatic heterocycles. The standard InChI is InChI=1S/C16H22O3/c1-12-6-9-16(18-2)14(11-12)15(17)8-7-13-5-3-4-10-19-13/h6,9,11,13H,3-5,7-8,10H2,1-2H3. The fourth-order valence-corrected chi connectivity index (χ4v) is 2.50. The van der Waals surface area contributed by atoms with Crippen molar-refractivity contribution < 1.29 is 14.3 Å². The van der Waals surface area contributed by atoms with Crippen molar-refractivity contribution in [1.82, 2.24) is 0 Å². The number of benzene rings is 1. The fourth-order valence-electron chi connectivity index (χ4n) is 2.50. The molecule has 0 amide bonds. The van der Waals surface area contributed by atoms with Crippen LogP contribution in [0.4, 0.5) is 0 Å². The van der Waals surface area contributed by atoms with Crippen LogP contribution in [0.5, 0.6) is 5.75 Å². The van der Waals surface area contributed by atoms with Crippen molar-refractivity contribution in [3.63, 3.8) is 0 Å². The van der Waals surface area contributed by atoms with E-state index in [0.717, 1.165) is 31.4 Å². The number of ether oxygens (including phenoxy) is 2. The van der Waals surface area contributed by atoms with E-state index in [1.54, 1.807) is 7.11 Å². The number of ketones is 1. The number of rotatable bonds is 5. The van der Waals surface area contributed by atoms with E-state index in [2.05, 4.69) is 0 Å². The molecule has 0 spiro atoms. The molecular weight excluding hydrogens is 240 g/mol. The third-order valence-electron chi connectivity index (χ3n) is 3.62. The van der Waals surface area contributed by atoms with Crippen LogP contribution in [0.1, 0.15) is 48.0 Å². The van der Waals surface area contributed by atoms with Crippen LogP contribution in [0.25, 0.3) is 0 Å². The number of hydrogen-bond acceptors (Lipinski definition) is 3. The summed E-state index contributed by atoms with van der Waals surface area (Å²) in [6.07, 6.45) is 5.05. The Hall–Kier alpha value is -1.35. The maximum Gasteiger partial charge on any atom is 0.166 e. The summed E-state index contributed by atoms with van der Waals surface area (Å²) in [5.41, 5.74) is 1.77. The maximum absolute atomic E-state index is 12.3. The average molecular weight is 262 g/mol. The molecule has 0 bridgehead atoms. The average Bonchev–Trinajstić information content (AvgIpc) is 2.46. The Labute approximate surface area is 114 Å².